The Morgan fingerprint density at radius 2 is 2.00 bits per heavy atom. The van der Waals surface area contributed by atoms with Gasteiger partial charge < -0.3 is 4.74 Å². The molecule has 2 aromatic heterocycles. The second kappa shape index (κ2) is 4.03. The van der Waals surface area contributed by atoms with Crippen molar-refractivity contribution in [2.75, 3.05) is 7.11 Å². The average molecular weight is 241 g/mol. The summed E-state index contributed by atoms with van der Waals surface area (Å²) in [5.74, 6) is 1.34. The predicted molar refractivity (Wildman–Crippen MR) is 67.8 cm³/mol. The number of imidazole rings is 1. The Hall–Kier alpha value is -2.56. The van der Waals surface area contributed by atoms with E-state index in [9.17, 15) is 4.79 Å². The van der Waals surface area contributed by atoms with E-state index in [0.717, 1.165) is 17.0 Å². The molecule has 1 aromatic carbocycles. The summed E-state index contributed by atoms with van der Waals surface area (Å²) in [6.45, 7) is 0. The number of benzene rings is 1. The van der Waals surface area contributed by atoms with E-state index in [1.54, 1.807) is 17.7 Å². The molecule has 3 rings (SSSR count). The van der Waals surface area contributed by atoms with Gasteiger partial charge in [0.1, 0.15) is 5.75 Å². The van der Waals surface area contributed by atoms with Crippen molar-refractivity contribution >= 4 is 5.78 Å². The number of ether oxygens (including phenoxy) is 1. The lowest BCUT2D eigenvalue weighted by atomic mass is 10.2. The number of hydrogen-bond donors (Lipinski definition) is 1. The maximum absolute atomic E-state index is 11.2. The van der Waals surface area contributed by atoms with Crippen molar-refractivity contribution in [3.8, 4) is 17.0 Å². The number of fused-ring (bicyclic) bond motifs is 1. The summed E-state index contributed by atoms with van der Waals surface area (Å²) in [5, 5.41) is 0. The van der Waals surface area contributed by atoms with Crippen LogP contribution in [0, 0.1) is 0 Å². The zero-order valence-corrected chi connectivity index (χ0v) is 9.75. The van der Waals surface area contributed by atoms with Gasteiger partial charge in [-0.3, -0.25) is 14.2 Å². The van der Waals surface area contributed by atoms with Crippen molar-refractivity contribution in [1.82, 2.24) is 14.4 Å². The lowest BCUT2D eigenvalue weighted by Gasteiger charge is -1.99. The first-order valence-corrected chi connectivity index (χ1v) is 5.49. The minimum absolute atomic E-state index is 0.158. The Morgan fingerprint density at radius 3 is 2.72 bits per heavy atom. The van der Waals surface area contributed by atoms with Gasteiger partial charge in [0, 0.05) is 24.0 Å². The van der Waals surface area contributed by atoms with Crippen molar-refractivity contribution in [2.45, 2.75) is 0 Å². The van der Waals surface area contributed by atoms with Gasteiger partial charge in [-0.05, 0) is 24.3 Å². The van der Waals surface area contributed by atoms with E-state index in [4.69, 9.17) is 4.74 Å². The van der Waals surface area contributed by atoms with Gasteiger partial charge in [-0.25, -0.2) is 4.98 Å². The van der Waals surface area contributed by atoms with Gasteiger partial charge in [-0.2, -0.15) is 0 Å². The first-order valence-electron chi connectivity index (χ1n) is 5.49. The van der Waals surface area contributed by atoms with Crippen LogP contribution >= 0.6 is 0 Å². The van der Waals surface area contributed by atoms with Crippen LogP contribution in [0.3, 0.4) is 0 Å². The predicted octanol–water partition coefficient (Wildman–Crippen LogP) is 1.70. The highest BCUT2D eigenvalue weighted by Crippen LogP contribution is 2.21. The number of rotatable bonds is 2. The van der Waals surface area contributed by atoms with Gasteiger partial charge in [0.05, 0.1) is 12.8 Å². The zero-order valence-electron chi connectivity index (χ0n) is 9.75. The van der Waals surface area contributed by atoms with Gasteiger partial charge in [0.25, 0.3) is 5.56 Å². The first-order chi connectivity index (χ1) is 8.76. The maximum atomic E-state index is 11.2. The fourth-order valence-corrected chi connectivity index (χ4v) is 1.80. The first kappa shape index (κ1) is 10.6. The molecule has 5 nitrogen and oxygen atoms in total. The van der Waals surface area contributed by atoms with Crippen LogP contribution in [0.5, 0.6) is 5.75 Å². The lowest BCUT2D eigenvalue weighted by Crippen LogP contribution is -2.05. The van der Waals surface area contributed by atoms with E-state index in [1.807, 2.05) is 30.5 Å². The minimum atomic E-state index is -0.158. The SMILES string of the molecule is COc1ccc(-c2cn3ccc(=O)[nH]c3n2)cc1. The Kier molecular flexibility index (Phi) is 2.37. The van der Waals surface area contributed by atoms with Gasteiger partial charge >= 0.3 is 0 Å². The van der Waals surface area contributed by atoms with Crippen LogP contribution in [-0.4, -0.2) is 21.5 Å². The molecule has 3 aromatic rings. The fraction of sp³-hybridized carbons (Fsp3) is 0.0769. The Morgan fingerprint density at radius 1 is 1.22 bits per heavy atom. The van der Waals surface area contributed by atoms with E-state index in [2.05, 4.69) is 9.97 Å². The highest BCUT2D eigenvalue weighted by Gasteiger charge is 2.04. The van der Waals surface area contributed by atoms with Crippen molar-refractivity contribution in [3.63, 3.8) is 0 Å². The Bertz CT molecular complexity index is 741. The molecule has 0 unspecified atom stereocenters. The number of nitrogens with one attached hydrogen (secondary N) is 1. The molecule has 18 heavy (non-hydrogen) atoms. The van der Waals surface area contributed by atoms with E-state index >= 15 is 0 Å². The third-order valence-electron chi connectivity index (χ3n) is 2.74. The third kappa shape index (κ3) is 1.75. The van der Waals surface area contributed by atoms with Crippen LogP contribution in [0.1, 0.15) is 0 Å². The second-order valence-electron chi connectivity index (χ2n) is 3.89. The zero-order chi connectivity index (χ0) is 12.5. The summed E-state index contributed by atoms with van der Waals surface area (Å²) >= 11 is 0. The van der Waals surface area contributed by atoms with Crippen LogP contribution in [-0.2, 0) is 0 Å². The largest absolute Gasteiger partial charge is 0.497 e. The summed E-state index contributed by atoms with van der Waals surface area (Å²) in [7, 11) is 1.63. The normalized spacial score (nSPS) is 10.7. The summed E-state index contributed by atoms with van der Waals surface area (Å²) < 4.78 is 6.89. The van der Waals surface area contributed by atoms with Crippen LogP contribution in [0.4, 0.5) is 0 Å². The Labute approximate surface area is 103 Å². The maximum Gasteiger partial charge on any atom is 0.252 e. The molecule has 1 N–H and O–H groups in total. The standard InChI is InChI=1S/C13H11N3O2/c1-18-10-4-2-9(3-5-10)11-8-16-7-6-12(17)15-13(16)14-11/h2-8H,1H3,(H,14,15,17). The molecule has 0 saturated carbocycles. The molecule has 0 spiro atoms. The third-order valence-corrected chi connectivity index (χ3v) is 2.74. The monoisotopic (exact) mass is 241 g/mol. The van der Waals surface area contributed by atoms with Gasteiger partial charge in [0.15, 0.2) is 0 Å². The van der Waals surface area contributed by atoms with Crippen LogP contribution < -0.4 is 10.3 Å². The highest BCUT2D eigenvalue weighted by molar-refractivity contribution is 5.62. The number of hydrogen-bond acceptors (Lipinski definition) is 3. The minimum Gasteiger partial charge on any atom is -0.497 e. The van der Waals surface area contributed by atoms with Gasteiger partial charge in [-0.15, -0.1) is 0 Å². The van der Waals surface area contributed by atoms with Crippen LogP contribution in [0.2, 0.25) is 0 Å². The van der Waals surface area contributed by atoms with Crippen molar-refractivity contribution in [3.05, 3.63) is 53.1 Å². The lowest BCUT2D eigenvalue weighted by molar-refractivity contribution is 0.415. The quantitative estimate of drug-likeness (QED) is 0.742. The number of aromatic nitrogens is 3. The number of methoxy groups -OCH3 is 1. The number of H-pyrrole nitrogens is 1. The fourth-order valence-electron chi connectivity index (χ4n) is 1.80. The molecule has 90 valence electrons. The highest BCUT2D eigenvalue weighted by atomic mass is 16.5. The van der Waals surface area contributed by atoms with Gasteiger partial charge in [0.2, 0.25) is 5.78 Å². The molecule has 0 amide bonds. The van der Waals surface area contributed by atoms with Crippen molar-refractivity contribution in [1.29, 1.82) is 0 Å². The average Bonchev–Trinajstić information content (AvgIpc) is 2.81. The summed E-state index contributed by atoms with van der Waals surface area (Å²) in [5.41, 5.74) is 1.62. The molecule has 0 atom stereocenters. The summed E-state index contributed by atoms with van der Waals surface area (Å²) in [6.07, 6.45) is 3.56. The molecular weight excluding hydrogens is 230 g/mol. The molecular formula is C13H11N3O2. The molecule has 0 radical (unpaired) electrons. The van der Waals surface area contributed by atoms with Gasteiger partial charge in [-0.1, -0.05) is 0 Å². The van der Waals surface area contributed by atoms with Crippen LogP contribution in [0.15, 0.2) is 47.5 Å². The van der Waals surface area contributed by atoms with Crippen LogP contribution in [0.25, 0.3) is 17.0 Å². The molecule has 2 heterocycles. The van der Waals surface area contributed by atoms with E-state index in [-0.39, 0.29) is 5.56 Å². The molecule has 0 aliphatic carbocycles. The number of nitrogens with zero attached hydrogens (tertiary/aromatic N) is 2. The van der Waals surface area contributed by atoms with E-state index < -0.39 is 0 Å². The smallest absolute Gasteiger partial charge is 0.252 e. The molecule has 0 fully saturated rings. The van der Waals surface area contributed by atoms with Crippen molar-refractivity contribution < 1.29 is 4.74 Å². The second-order valence-corrected chi connectivity index (χ2v) is 3.89. The van der Waals surface area contributed by atoms with Crippen molar-refractivity contribution in [2.24, 2.45) is 0 Å². The topological polar surface area (TPSA) is 59.4 Å². The van der Waals surface area contributed by atoms with E-state index in [1.165, 1.54) is 6.07 Å². The summed E-state index contributed by atoms with van der Waals surface area (Å²) in [6, 6.07) is 9.08. The molecule has 5 heteroatoms. The van der Waals surface area contributed by atoms with E-state index in [0.29, 0.717) is 5.78 Å². The Balaban J connectivity index is 2.10. The molecule has 0 bridgehead atoms. The molecule has 0 aliphatic rings. The molecule has 0 aliphatic heterocycles. The number of aromatic amines is 1. The molecule has 0 saturated heterocycles. The summed E-state index contributed by atoms with van der Waals surface area (Å²) in [4.78, 5) is 18.2.